The summed E-state index contributed by atoms with van der Waals surface area (Å²) in [5.41, 5.74) is 0.187. The lowest BCUT2D eigenvalue weighted by molar-refractivity contribution is -0.0494. The number of halogens is 2. The van der Waals surface area contributed by atoms with E-state index in [0.717, 1.165) is 6.42 Å². The van der Waals surface area contributed by atoms with E-state index in [9.17, 15) is 8.78 Å². The highest BCUT2D eigenvalue weighted by Crippen LogP contribution is 2.30. The number of hydrogen-bond donors (Lipinski definition) is 1. The van der Waals surface area contributed by atoms with Gasteiger partial charge in [-0.15, -0.1) is 0 Å². The number of benzene rings is 1. The van der Waals surface area contributed by atoms with Crippen LogP contribution in [0.1, 0.15) is 20.3 Å². The van der Waals surface area contributed by atoms with Gasteiger partial charge in [-0.3, -0.25) is 0 Å². The van der Waals surface area contributed by atoms with Crippen LogP contribution in [0.15, 0.2) is 18.2 Å². The molecule has 6 heteroatoms. The van der Waals surface area contributed by atoms with Crippen LogP contribution in [0.5, 0.6) is 11.5 Å². The first kappa shape index (κ1) is 16.5. The fourth-order valence-electron chi connectivity index (χ4n) is 1.57. The molecule has 0 aliphatic heterocycles. The molecule has 0 saturated carbocycles. The molecule has 0 spiro atoms. The van der Waals surface area contributed by atoms with E-state index in [1.807, 2.05) is 13.8 Å². The Morgan fingerprint density at radius 2 is 1.95 bits per heavy atom. The third-order valence-electron chi connectivity index (χ3n) is 3.00. The fraction of sp³-hybridized carbons (Fsp3) is 0.571. The molecule has 20 heavy (non-hydrogen) atoms. The van der Waals surface area contributed by atoms with Crippen LogP contribution in [0.25, 0.3) is 0 Å². The Balaban J connectivity index is 2.74. The molecule has 114 valence electrons. The number of nitrogens with one attached hydrogen (secondary N) is 1. The lowest BCUT2D eigenvalue weighted by atomic mass is 10.1. The Morgan fingerprint density at radius 1 is 1.25 bits per heavy atom. The van der Waals surface area contributed by atoms with Crippen molar-refractivity contribution in [2.24, 2.45) is 0 Å². The molecule has 0 atom stereocenters. The van der Waals surface area contributed by atoms with E-state index in [1.54, 1.807) is 19.2 Å². The molecular weight excluding hydrogens is 268 g/mol. The topological polar surface area (TPSA) is 39.7 Å². The van der Waals surface area contributed by atoms with Gasteiger partial charge >= 0.3 is 6.61 Å². The minimum atomic E-state index is -2.86. The predicted octanol–water partition coefficient (Wildman–Crippen LogP) is 3.52. The molecule has 1 rings (SSSR count). The van der Waals surface area contributed by atoms with Crippen molar-refractivity contribution in [3.8, 4) is 11.5 Å². The lowest BCUT2D eigenvalue weighted by Gasteiger charge is -2.23. The zero-order chi connectivity index (χ0) is 15.2. The Bertz CT molecular complexity index is 425. The average Bonchev–Trinajstić information content (AvgIpc) is 2.39. The SMILES string of the molecule is COc1ccc(OC(F)F)c(NCCC(C)(C)OC)c1. The highest BCUT2D eigenvalue weighted by Gasteiger charge is 2.16. The molecule has 1 aromatic rings. The van der Waals surface area contributed by atoms with Gasteiger partial charge in [-0.2, -0.15) is 8.78 Å². The second-order valence-corrected chi connectivity index (χ2v) is 4.88. The van der Waals surface area contributed by atoms with Crippen molar-refractivity contribution in [2.45, 2.75) is 32.5 Å². The van der Waals surface area contributed by atoms with E-state index in [4.69, 9.17) is 9.47 Å². The molecule has 0 unspecified atom stereocenters. The summed E-state index contributed by atoms with van der Waals surface area (Å²) in [4.78, 5) is 0. The standard InChI is InChI=1S/C14H21F2NO3/c1-14(2,19-4)7-8-17-11-9-10(18-3)5-6-12(11)20-13(15)16/h5-6,9,13,17H,7-8H2,1-4H3. The Kier molecular flexibility index (Phi) is 6.01. The summed E-state index contributed by atoms with van der Waals surface area (Å²) < 4.78 is 39.5. The van der Waals surface area contributed by atoms with Crippen molar-refractivity contribution < 1.29 is 23.0 Å². The highest BCUT2D eigenvalue weighted by atomic mass is 19.3. The Hall–Kier alpha value is -1.56. The van der Waals surface area contributed by atoms with Gasteiger partial charge in [0.25, 0.3) is 0 Å². The summed E-state index contributed by atoms with van der Waals surface area (Å²) in [5, 5.41) is 3.07. The van der Waals surface area contributed by atoms with E-state index in [2.05, 4.69) is 10.1 Å². The first-order chi connectivity index (χ1) is 9.38. The van der Waals surface area contributed by atoms with Crippen LogP contribution in [0.2, 0.25) is 0 Å². The first-order valence-electron chi connectivity index (χ1n) is 6.30. The van der Waals surface area contributed by atoms with Gasteiger partial charge in [0.05, 0.1) is 18.4 Å². The van der Waals surface area contributed by atoms with Crippen LogP contribution in [0.4, 0.5) is 14.5 Å². The minimum absolute atomic E-state index is 0.0935. The molecular formula is C14H21F2NO3. The number of methoxy groups -OCH3 is 2. The van der Waals surface area contributed by atoms with Gasteiger partial charge < -0.3 is 19.5 Å². The lowest BCUT2D eigenvalue weighted by Crippen LogP contribution is -2.25. The maximum absolute atomic E-state index is 12.3. The second kappa shape index (κ2) is 7.28. The van der Waals surface area contributed by atoms with Crippen LogP contribution < -0.4 is 14.8 Å². The summed E-state index contributed by atoms with van der Waals surface area (Å²) in [6, 6.07) is 4.65. The van der Waals surface area contributed by atoms with Crippen LogP contribution in [-0.4, -0.2) is 33.0 Å². The summed E-state index contributed by atoms with van der Waals surface area (Å²) in [6.07, 6.45) is 0.717. The van der Waals surface area contributed by atoms with Gasteiger partial charge in [0.1, 0.15) is 11.5 Å². The van der Waals surface area contributed by atoms with Crippen molar-refractivity contribution in [1.82, 2.24) is 0 Å². The summed E-state index contributed by atoms with van der Waals surface area (Å²) in [5.74, 6) is 0.663. The minimum Gasteiger partial charge on any atom is -0.497 e. The zero-order valence-corrected chi connectivity index (χ0v) is 12.2. The van der Waals surface area contributed by atoms with Crippen molar-refractivity contribution in [1.29, 1.82) is 0 Å². The molecule has 0 fully saturated rings. The number of alkyl halides is 2. The van der Waals surface area contributed by atoms with Crippen molar-refractivity contribution in [2.75, 3.05) is 26.1 Å². The Labute approximate surface area is 118 Å². The molecule has 0 aliphatic carbocycles. The molecule has 0 bridgehead atoms. The number of rotatable bonds is 8. The van der Waals surface area contributed by atoms with Gasteiger partial charge in [0.2, 0.25) is 0 Å². The average molecular weight is 289 g/mol. The largest absolute Gasteiger partial charge is 0.497 e. The summed E-state index contributed by atoms with van der Waals surface area (Å²) >= 11 is 0. The molecule has 1 N–H and O–H groups in total. The van der Waals surface area contributed by atoms with Crippen LogP contribution in [-0.2, 0) is 4.74 Å². The molecule has 4 nitrogen and oxygen atoms in total. The van der Waals surface area contributed by atoms with Crippen LogP contribution in [0, 0.1) is 0 Å². The summed E-state index contributed by atoms with van der Waals surface area (Å²) in [7, 11) is 3.15. The molecule has 0 aromatic heterocycles. The van der Waals surface area contributed by atoms with Gasteiger partial charge in [-0.25, -0.2) is 0 Å². The fourth-order valence-corrected chi connectivity index (χ4v) is 1.57. The maximum Gasteiger partial charge on any atom is 0.387 e. The smallest absolute Gasteiger partial charge is 0.387 e. The van der Waals surface area contributed by atoms with E-state index in [0.29, 0.717) is 18.0 Å². The molecule has 0 saturated heterocycles. The highest BCUT2D eigenvalue weighted by molar-refractivity contribution is 5.59. The quantitative estimate of drug-likeness (QED) is 0.795. The number of hydrogen-bond acceptors (Lipinski definition) is 4. The van der Waals surface area contributed by atoms with Crippen molar-refractivity contribution in [3.05, 3.63) is 18.2 Å². The third-order valence-corrected chi connectivity index (χ3v) is 3.00. The second-order valence-electron chi connectivity index (χ2n) is 4.88. The zero-order valence-electron chi connectivity index (χ0n) is 12.2. The van der Waals surface area contributed by atoms with Crippen LogP contribution in [0.3, 0.4) is 0 Å². The van der Waals surface area contributed by atoms with E-state index < -0.39 is 6.61 Å². The molecule has 0 amide bonds. The molecule has 0 radical (unpaired) electrons. The molecule has 1 aromatic carbocycles. The van der Waals surface area contributed by atoms with Crippen LogP contribution >= 0.6 is 0 Å². The van der Waals surface area contributed by atoms with E-state index >= 15 is 0 Å². The number of anilines is 1. The van der Waals surface area contributed by atoms with Gasteiger partial charge in [-0.05, 0) is 32.4 Å². The summed E-state index contributed by atoms with van der Waals surface area (Å²) in [6.45, 7) is 1.61. The monoisotopic (exact) mass is 289 g/mol. The maximum atomic E-state index is 12.3. The van der Waals surface area contributed by atoms with Gasteiger partial charge in [0, 0.05) is 19.7 Å². The normalized spacial score (nSPS) is 11.6. The van der Waals surface area contributed by atoms with E-state index in [-0.39, 0.29) is 11.4 Å². The molecule has 0 heterocycles. The van der Waals surface area contributed by atoms with Crippen molar-refractivity contribution in [3.63, 3.8) is 0 Å². The third kappa shape index (κ3) is 5.21. The number of ether oxygens (including phenoxy) is 3. The van der Waals surface area contributed by atoms with Crippen molar-refractivity contribution >= 4 is 5.69 Å². The Morgan fingerprint density at radius 3 is 2.50 bits per heavy atom. The predicted molar refractivity (Wildman–Crippen MR) is 73.8 cm³/mol. The van der Waals surface area contributed by atoms with Gasteiger partial charge in [0.15, 0.2) is 0 Å². The van der Waals surface area contributed by atoms with Gasteiger partial charge in [-0.1, -0.05) is 0 Å². The molecule has 0 aliphatic rings. The first-order valence-corrected chi connectivity index (χ1v) is 6.30. The van der Waals surface area contributed by atoms with E-state index in [1.165, 1.54) is 13.2 Å².